The van der Waals surface area contributed by atoms with Crippen molar-refractivity contribution in [2.75, 3.05) is 39.6 Å². The Hall–Kier alpha value is -2.07. The van der Waals surface area contributed by atoms with Crippen molar-refractivity contribution in [3.05, 3.63) is 59.4 Å². The molecule has 0 atom stereocenters. The maximum absolute atomic E-state index is 13.5. The molecule has 2 heterocycles. The molecule has 4 rings (SSSR count). The lowest BCUT2D eigenvalue weighted by Gasteiger charge is -2.36. The van der Waals surface area contributed by atoms with E-state index in [9.17, 15) is 4.39 Å². The molecule has 6 nitrogen and oxygen atoms in total. The molecule has 2 aromatic carbocycles. The Kier molecular flexibility index (Phi) is 8.98. The molecule has 0 unspecified atom stereocenters. The lowest BCUT2D eigenvalue weighted by atomic mass is 9.74. The highest BCUT2D eigenvalue weighted by molar-refractivity contribution is 14.0. The summed E-state index contributed by atoms with van der Waals surface area (Å²) in [6.07, 6.45) is 2.59. The van der Waals surface area contributed by atoms with Gasteiger partial charge >= 0.3 is 0 Å². The minimum atomic E-state index is -0.215. The maximum Gasteiger partial charge on any atom is 0.231 e. The molecule has 1 saturated heterocycles. The molecule has 2 aromatic rings. The van der Waals surface area contributed by atoms with Crippen LogP contribution in [0.4, 0.5) is 4.39 Å². The van der Waals surface area contributed by atoms with E-state index in [1.165, 1.54) is 17.7 Å². The fourth-order valence-electron chi connectivity index (χ4n) is 4.10. The fraction of sp³-hybridized carbons (Fsp3) is 0.458. The summed E-state index contributed by atoms with van der Waals surface area (Å²) in [4.78, 5) is 4.90. The van der Waals surface area contributed by atoms with E-state index < -0.39 is 0 Å². The number of ether oxygens (including phenoxy) is 3. The molecular formula is C24H31FIN3O3. The molecule has 0 saturated carbocycles. The van der Waals surface area contributed by atoms with E-state index in [0.717, 1.165) is 55.4 Å². The predicted octanol–water partition coefficient (Wildman–Crippen LogP) is 4.02. The Labute approximate surface area is 206 Å². The second-order valence-electron chi connectivity index (χ2n) is 7.96. The third kappa shape index (κ3) is 6.04. The third-order valence-corrected chi connectivity index (χ3v) is 5.93. The number of nitrogens with zero attached hydrogens (tertiary/aromatic N) is 1. The molecule has 32 heavy (non-hydrogen) atoms. The molecule has 8 heteroatoms. The number of halogens is 2. The Balaban J connectivity index is 0.00000289. The molecule has 0 bridgehead atoms. The first-order valence-electron chi connectivity index (χ1n) is 10.9. The topological polar surface area (TPSA) is 64.1 Å². The van der Waals surface area contributed by atoms with Gasteiger partial charge in [-0.3, -0.25) is 4.99 Å². The van der Waals surface area contributed by atoms with Crippen molar-refractivity contribution in [2.24, 2.45) is 4.99 Å². The zero-order chi connectivity index (χ0) is 21.5. The summed E-state index contributed by atoms with van der Waals surface area (Å²) < 4.78 is 29.9. The van der Waals surface area contributed by atoms with Crippen LogP contribution in [0.2, 0.25) is 0 Å². The van der Waals surface area contributed by atoms with Crippen molar-refractivity contribution < 1.29 is 18.6 Å². The number of aliphatic imine (C=N–C) groups is 1. The van der Waals surface area contributed by atoms with Crippen LogP contribution in [-0.4, -0.2) is 45.6 Å². The number of guanidine groups is 1. The van der Waals surface area contributed by atoms with Gasteiger partial charge in [-0.2, -0.15) is 0 Å². The summed E-state index contributed by atoms with van der Waals surface area (Å²) in [5, 5.41) is 6.76. The normalized spacial score (nSPS) is 16.9. The van der Waals surface area contributed by atoms with E-state index in [2.05, 4.69) is 23.6 Å². The monoisotopic (exact) mass is 555 g/mol. The molecule has 2 aliphatic heterocycles. The van der Waals surface area contributed by atoms with Gasteiger partial charge in [0.25, 0.3) is 0 Å². The van der Waals surface area contributed by atoms with Gasteiger partial charge in [-0.05, 0) is 61.6 Å². The highest BCUT2D eigenvalue weighted by Gasteiger charge is 2.34. The Morgan fingerprint density at radius 3 is 2.53 bits per heavy atom. The molecule has 0 amide bonds. The first-order valence-corrected chi connectivity index (χ1v) is 10.9. The van der Waals surface area contributed by atoms with E-state index in [-0.39, 0.29) is 42.0 Å². The molecule has 0 aliphatic carbocycles. The standard InChI is InChI=1S/C24H30FN3O3.HI/c1-2-26-23(27-12-9-18-3-8-21-22(15-18)31-17-30-21)28-16-24(10-13-29-14-11-24)19-4-6-20(25)7-5-19;/h3-8,15H,2,9-14,16-17H2,1H3,(H2,26,27,28);1H. The molecule has 174 valence electrons. The molecule has 2 aliphatic rings. The van der Waals surface area contributed by atoms with Gasteiger partial charge in [0.2, 0.25) is 6.79 Å². The van der Waals surface area contributed by atoms with Gasteiger partial charge in [-0.25, -0.2) is 4.39 Å². The highest BCUT2D eigenvalue weighted by Crippen LogP contribution is 2.35. The SMILES string of the molecule is CCNC(=NCC1(c2ccc(F)cc2)CCOCC1)NCCc1ccc2c(c1)OCO2.I. The summed E-state index contributed by atoms with van der Waals surface area (Å²) in [6.45, 7) is 5.89. The highest BCUT2D eigenvalue weighted by atomic mass is 127. The molecule has 2 N–H and O–H groups in total. The van der Waals surface area contributed by atoms with Gasteiger partial charge in [0, 0.05) is 31.7 Å². The molecular weight excluding hydrogens is 524 g/mol. The number of hydrogen-bond donors (Lipinski definition) is 2. The van der Waals surface area contributed by atoms with Gasteiger partial charge in [0.15, 0.2) is 17.5 Å². The van der Waals surface area contributed by atoms with Crippen LogP contribution in [0.15, 0.2) is 47.5 Å². The average molecular weight is 555 g/mol. The lowest BCUT2D eigenvalue weighted by Crippen LogP contribution is -2.41. The van der Waals surface area contributed by atoms with Crippen molar-refractivity contribution in [3.8, 4) is 11.5 Å². The zero-order valence-corrected chi connectivity index (χ0v) is 20.7. The lowest BCUT2D eigenvalue weighted by molar-refractivity contribution is 0.0531. The van der Waals surface area contributed by atoms with Crippen LogP contribution in [0.1, 0.15) is 30.9 Å². The number of rotatable bonds is 7. The van der Waals surface area contributed by atoms with Gasteiger partial charge in [-0.1, -0.05) is 18.2 Å². The van der Waals surface area contributed by atoms with Crippen molar-refractivity contribution in [2.45, 2.75) is 31.6 Å². The van der Waals surface area contributed by atoms with Crippen molar-refractivity contribution >= 4 is 29.9 Å². The number of fused-ring (bicyclic) bond motifs is 1. The van der Waals surface area contributed by atoms with Crippen LogP contribution in [0.3, 0.4) is 0 Å². The van der Waals surface area contributed by atoms with Crippen LogP contribution in [0.25, 0.3) is 0 Å². The first kappa shape index (κ1) is 24.6. The smallest absolute Gasteiger partial charge is 0.231 e. The van der Waals surface area contributed by atoms with E-state index in [1.807, 2.05) is 24.3 Å². The molecule has 0 aromatic heterocycles. The van der Waals surface area contributed by atoms with E-state index in [4.69, 9.17) is 19.2 Å². The predicted molar refractivity (Wildman–Crippen MR) is 134 cm³/mol. The number of nitrogens with one attached hydrogen (secondary N) is 2. The van der Waals surface area contributed by atoms with E-state index in [1.54, 1.807) is 0 Å². The van der Waals surface area contributed by atoms with Crippen LogP contribution in [0.5, 0.6) is 11.5 Å². The summed E-state index contributed by atoms with van der Waals surface area (Å²) >= 11 is 0. The first-order chi connectivity index (χ1) is 15.2. The van der Waals surface area contributed by atoms with E-state index >= 15 is 0 Å². The Bertz CT molecular complexity index is 902. The minimum absolute atomic E-state index is 0. The summed E-state index contributed by atoms with van der Waals surface area (Å²) in [7, 11) is 0. The van der Waals surface area contributed by atoms with Crippen molar-refractivity contribution in [1.29, 1.82) is 0 Å². The fourth-order valence-corrected chi connectivity index (χ4v) is 4.10. The van der Waals surface area contributed by atoms with Gasteiger partial charge in [0.1, 0.15) is 5.82 Å². The van der Waals surface area contributed by atoms with Crippen LogP contribution in [0, 0.1) is 5.82 Å². The van der Waals surface area contributed by atoms with Crippen LogP contribution in [-0.2, 0) is 16.6 Å². The second-order valence-corrected chi connectivity index (χ2v) is 7.96. The molecule has 1 fully saturated rings. The summed E-state index contributed by atoms with van der Waals surface area (Å²) in [6, 6.07) is 12.9. The van der Waals surface area contributed by atoms with Crippen LogP contribution >= 0.6 is 24.0 Å². The van der Waals surface area contributed by atoms with Gasteiger partial charge < -0.3 is 24.8 Å². The van der Waals surface area contributed by atoms with Gasteiger partial charge in [0.05, 0.1) is 6.54 Å². The Morgan fingerprint density at radius 2 is 1.78 bits per heavy atom. The molecule has 0 radical (unpaired) electrons. The van der Waals surface area contributed by atoms with E-state index in [0.29, 0.717) is 19.8 Å². The maximum atomic E-state index is 13.5. The third-order valence-electron chi connectivity index (χ3n) is 5.93. The Morgan fingerprint density at radius 1 is 1.03 bits per heavy atom. The van der Waals surface area contributed by atoms with Crippen LogP contribution < -0.4 is 20.1 Å². The van der Waals surface area contributed by atoms with Gasteiger partial charge in [-0.15, -0.1) is 24.0 Å². The quantitative estimate of drug-likeness (QED) is 0.307. The number of benzene rings is 2. The van der Waals surface area contributed by atoms with Crippen molar-refractivity contribution in [1.82, 2.24) is 10.6 Å². The average Bonchev–Trinajstić information content (AvgIpc) is 3.26. The second kappa shape index (κ2) is 11.7. The summed E-state index contributed by atoms with van der Waals surface area (Å²) in [5.74, 6) is 2.18. The summed E-state index contributed by atoms with van der Waals surface area (Å²) in [5.41, 5.74) is 2.17. The largest absolute Gasteiger partial charge is 0.454 e. The zero-order valence-electron chi connectivity index (χ0n) is 18.4. The molecule has 0 spiro atoms. The minimum Gasteiger partial charge on any atom is -0.454 e. The number of hydrogen-bond acceptors (Lipinski definition) is 4. The van der Waals surface area contributed by atoms with Crippen molar-refractivity contribution in [3.63, 3.8) is 0 Å².